The topological polar surface area (TPSA) is 12.0 Å². The minimum Gasteiger partial charge on any atom is -0.310 e. The van der Waals surface area contributed by atoms with E-state index in [1.54, 1.807) is 0 Å². The first-order chi connectivity index (χ1) is 6.13. The smallest absolute Gasteiger partial charge is 0.0298 e. The summed E-state index contributed by atoms with van der Waals surface area (Å²) in [5, 5.41) is 3.38. The summed E-state index contributed by atoms with van der Waals surface area (Å²) in [5.41, 5.74) is 3.80. The molecule has 0 aliphatic carbocycles. The first-order valence-corrected chi connectivity index (χ1v) is 4.87. The molecule has 0 heterocycles. The van der Waals surface area contributed by atoms with E-state index in [9.17, 15) is 0 Å². The van der Waals surface area contributed by atoms with Gasteiger partial charge in [0.05, 0.1) is 0 Å². The molecule has 1 atom stereocenters. The molecule has 0 spiro atoms. The fourth-order valence-electron chi connectivity index (χ4n) is 1.58. The van der Waals surface area contributed by atoms with Crippen LogP contribution in [0.15, 0.2) is 12.1 Å². The molecule has 0 saturated carbocycles. The highest BCUT2D eigenvalue weighted by Crippen LogP contribution is 2.15. The van der Waals surface area contributed by atoms with Gasteiger partial charge in [-0.1, -0.05) is 24.6 Å². The molecule has 1 heteroatoms. The van der Waals surface area contributed by atoms with Crippen molar-refractivity contribution in [2.45, 2.75) is 33.7 Å². The quantitative estimate of drug-likeness (QED) is 0.746. The van der Waals surface area contributed by atoms with Crippen LogP contribution in [0.5, 0.6) is 0 Å². The Labute approximate surface area is 81.2 Å². The molecule has 1 aromatic carbocycles. The van der Waals surface area contributed by atoms with Crippen molar-refractivity contribution in [1.29, 1.82) is 0 Å². The van der Waals surface area contributed by atoms with Crippen LogP contribution in [-0.2, 0) is 0 Å². The van der Waals surface area contributed by atoms with E-state index in [0.29, 0.717) is 6.04 Å². The number of nitrogens with one attached hydrogen (secondary N) is 1. The second kappa shape index (κ2) is 4.43. The molecule has 1 aromatic rings. The number of benzene rings is 1. The highest BCUT2D eigenvalue weighted by Gasteiger charge is 2.04. The van der Waals surface area contributed by atoms with Crippen LogP contribution >= 0.6 is 0 Å². The van der Waals surface area contributed by atoms with E-state index in [4.69, 9.17) is 0 Å². The first-order valence-electron chi connectivity index (χ1n) is 4.87. The van der Waals surface area contributed by atoms with Gasteiger partial charge in [0, 0.05) is 6.04 Å². The Bertz CT molecular complexity index is 258. The van der Waals surface area contributed by atoms with E-state index in [1.165, 1.54) is 16.7 Å². The lowest BCUT2D eigenvalue weighted by Gasteiger charge is -2.13. The Balaban J connectivity index is 2.87. The van der Waals surface area contributed by atoms with Gasteiger partial charge in [0.1, 0.15) is 0 Å². The molecule has 1 N–H and O–H groups in total. The van der Waals surface area contributed by atoms with E-state index in [-0.39, 0.29) is 0 Å². The van der Waals surface area contributed by atoms with Gasteiger partial charge in [0.2, 0.25) is 0 Å². The van der Waals surface area contributed by atoms with Gasteiger partial charge in [-0.15, -0.1) is 0 Å². The van der Waals surface area contributed by atoms with Gasteiger partial charge in [-0.25, -0.2) is 0 Å². The van der Waals surface area contributed by atoms with Crippen LogP contribution in [0.1, 0.15) is 36.6 Å². The minimum absolute atomic E-state index is 0.406. The summed E-state index contributed by atoms with van der Waals surface area (Å²) in [6.45, 7) is 9.52. The summed E-state index contributed by atoms with van der Waals surface area (Å²) >= 11 is 0. The second-order valence-corrected chi connectivity index (χ2v) is 3.58. The monoisotopic (exact) mass is 176 g/mol. The van der Waals surface area contributed by atoms with Crippen molar-refractivity contribution in [3.63, 3.8) is 0 Å². The predicted molar refractivity (Wildman–Crippen MR) is 56.8 cm³/mol. The molecule has 71 valence electrons. The fraction of sp³-hybridized carbons (Fsp3) is 0.500. The largest absolute Gasteiger partial charge is 0.310 e. The molecule has 0 aliphatic heterocycles. The Morgan fingerprint density at radius 2 is 2.08 bits per heavy atom. The van der Waals surface area contributed by atoms with Gasteiger partial charge in [0.25, 0.3) is 0 Å². The molecule has 1 unspecified atom stereocenters. The van der Waals surface area contributed by atoms with E-state index in [0.717, 1.165) is 6.54 Å². The van der Waals surface area contributed by atoms with Crippen LogP contribution in [0.25, 0.3) is 0 Å². The standard InChI is InChI=1S/C12H18N/c1-5-13-11(4)12-7-9(2)6-10(3)8-12/h6-7,11,13H,5H2,1-4H3. The highest BCUT2D eigenvalue weighted by atomic mass is 14.9. The first kappa shape index (κ1) is 10.3. The zero-order valence-electron chi connectivity index (χ0n) is 8.94. The Kier molecular flexibility index (Phi) is 3.49. The average Bonchev–Trinajstić information content (AvgIpc) is 2.03. The van der Waals surface area contributed by atoms with Crippen molar-refractivity contribution in [1.82, 2.24) is 5.32 Å². The summed E-state index contributed by atoms with van der Waals surface area (Å²) in [6.07, 6.45) is 0. The second-order valence-electron chi connectivity index (χ2n) is 3.58. The van der Waals surface area contributed by atoms with E-state index < -0.39 is 0 Å². The molecule has 0 aromatic heterocycles. The Hall–Kier alpha value is -0.820. The molecule has 0 amide bonds. The van der Waals surface area contributed by atoms with Gasteiger partial charge >= 0.3 is 0 Å². The molecule has 0 aliphatic rings. The van der Waals surface area contributed by atoms with Crippen LogP contribution in [-0.4, -0.2) is 6.54 Å². The number of hydrogen-bond acceptors (Lipinski definition) is 1. The van der Waals surface area contributed by atoms with E-state index >= 15 is 0 Å². The van der Waals surface area contributed by atoms with Crippen LogP contribution < -0.4 is 5.32 Å². The third-order valence-corrected chi connectivity index (χ3v) is 2.15. The Morgan fingerprint density at radius 3 is 2.62 bits per heavy atom. The summed E-state index contributed by atoms with van der Waals surface area (Å²) in [6, 6.07) is 8.13. The molecular formula is C12H18N. The molecule has 1 nitrogen and oxygen atoms in total. The lowest BCUT2D eigenvalue weighted by atomic mass is 10.0. The van der Waals surface area contributed by atoms with Crippen LogP contribution in [0, 0.1) is 19.9 Å². The molecular weight excluding hydrogens is 158 g/mol. The number of hydrogen-bond donors (Lipinski definition) is 1. The minimum atomic E-state index is 0.406. The molecule has 0 bridgehead atoms. The van der Waals surface area contributed by atoms with Crippen molar-refractivity contribution in [3.05, 3.63) is 34.9 Å². The normalized spacial score (nSPS) is 12.9. The van der Waals surface area contributed by atoms with Crippen LogP contribution in [0.4, 0.5) is 0 Å². The van der Waals surface area contributed by atoms with Gasteiger partial charge in [0.15, 0.2) is 0 Å². The summed E-state index contributed by atoms with van der Waals surface area (Å²) in [7, 11) is 0. The van der Waals surface area contributed by atoms with Crippen molar-refractivity contribution in [3.8, 4) is 0 Å². The third-order valence-electron chi connectivity index (χ3n) is 2.15. The number of rotatable bonds is 3. The van der Waals surface area contributed by atoms with Crippen molar-refractivity contribution < 1.29 is 0 Å². The van der Waals surface area contributed by atoms with Gasteiger partial charge in [-0.2, -0.15) is 0 Å². The SMILES string of the molecule is CCNC(C)c1[c]c(C)cc(C)c1. The lowest BCUT2D eigenvalue weighted by Crippen LogP contribution is -2.17. The van der Waals surface area contributed by atoms with Crippen LogP contribution in [0.3, 0.4) is 0 Å². The molecule has 1 rings (SSSR count). The maximum absolute atomic E-state index is 3.38. The lowest BCUT2D eigenvalue weighted by molar-refractivity contribution is 0.596. The van der Waals surface area contributed by atoms with E-state index in [1.807, 2.05) is 0 Å². The zero-order valence-corrected chi connectivity index (χ0v) is 8.94. The highest BCUT2D eigenvalue weighted by molar-refractivity contribution is 5.28. The molecule has 0 saturated heterocycles. The maximum atomic E-state index is 3.38. The molecule has 0 fully saturated rings. The maximum Gasteiger partial charge on any atom is 0.0298 e. The van der Waals surface area contributed by atoms with Crippen molar-refractivity contribution >= 4 is 0 Å². The predicted octanol–water partition coefficient (Wildman–Crippen LogP) is 2.77. The van der Waals surface area contributed by atoms with E-state index in [2.05, 4.69) is 51.2 Å². The third kappa shape index (κ3) is 2.85. The van der Waals surface area contributed by atoms with Crippen molar-refractivity contribution in [2.24, 2.45) is 0 Å². The Morgan fingerprint density at radius 1 is 1.38 bits per heavy atom. The van der Waals surface area contributed by atoms with Crippen molar-refractivity contribution in [2.75, 3.05) is 6.54 Å². The average molecular weight is 176 g/mol. The fourth-order valence-corrected chi connectivity index (χ4v) is 1.58. The summed E-state index contributed by atoms with van der Waals surface area (Å²) < 4.78 is 0. The molecule has 1 radical (unpaired) electrons. The van der Waals surface area contributed by atoms with Gasteiger partial charge < -0.3 is 5.32 Å². The zero-order chi connectivity index (χ0) is 9.84. The molecule has 13 heavy (non-hydrogen) atoms. The number of aryl methyl sites for hydroxylation is 2. The van der Waals surface area contributed by atoms with Crippen LogP contribution in [0.2, 0.25) is 0 Å². The van der Waals surface area contributed by atoms with Gasteiger partial charge in [-0.3, -0.25) is 0 Å². The van der Waals surface area contributed by atoms with Gasteiger partial charge in [-0.05, 0) is 44.5 Å². The summed E-state index contributed by atoms with van der Waals surface area (Å²) in [5.74, 6) is 0. The summed E-state index contributed by atoms with van der Waals surface area (Å²) in [4.78, 5) is 0.